The molecule has 0 radical (unpaired) electrons. The molecule has 1 atom stereocenters. The fourth-order valence-corrected chi connectivity index (χ4v) is 3.82. The van der Waals surface area contributed by atoms with Crippen molar-refractivity contribution in [2.75, 3.05) is 6.54 Å². The molecule has 2 N–H and O–H groups in total. The molecule has 0 spiro atoms. The number of imide groups is 1. The van der Waals surface area contributed by atoms with Crippen LogP contribution >= 0.6 is 0 Å². The third-order valence-electron chi connectivity index (χ3n) is 5.37. The van der Waals surface area contributed by atoms with Gasteiger partial charge in [0.05, 0.1) is 0 Å². The van der Waals surface area contributed by atoms with E-state index in [9.17, 15) is 14.4 Å². The topological polar surface area (TPSA) is 78.5 Å². The van der Waals surface area contributed by atoms with Crippen LogP contribution in [0.15, 0.2) is 24.3 Å². The van der Waals surface area contributed by atoms with Crippen molar-refractivity contribution in [3.63, 3.8) is 0 Å². The first-order chi connectivity index (χ1) is 12.4. The SMILES string of the molecule is CCCc1ccc(C2(C)NC(=O)N(CC(=O)NC3CCCC3)C2=O)cc1. The maximum absolute atomic E-state index is 12.9. The van der Waals surface area contributed by atoms with Gasteiger partial charge in [0.2, 0.25) is 5.91 Å². The van der Waals surface area contributed by atoms with E-state index in [1.165, 1.54) is 5.56 Å². The van der Waals surface area contributed by atoms with E-state index in [4.69, 9.17) is 0 Å². The molecule has 1 aliphatic carbocycles. The first-order valence-corrected chi connectivity index (χ1v) is 9.47. The summed E-state index contributed by atoms with van der Waals surface area (Å²) in [5.74, 6) is -0.657. The molecule has 0 aromatic heterocycles. The van der Waals surface area contributed by atoms with Crippen LogP contribution < -0.4 is 10.6 Å². The minimum atomic E-state index is -1.13. The Morgan fingerprint density at radius 1 is 1.23 bits per heavy atom. The first-order valence-electron chi connectivity index (χ1n) is 9.47. The lowest BCUT2D eigenvalue weighted by atomic mass is 9.91. The van der Waals surface area contributed by atoms with E-state index >= 15 is 0 Å². The van der Waals surface area contributed by atoms with E-state index < -0.39 is 11.6 Å². The van der Waals surface area contributed by atoms with E-state index in [0.717, 1.165) is 49.0 Å². The Hall–Kier alpha value is -2.37. The molecule has 1 aromatic rings. The second-order valence-electron chi connectivity index (χ2n) is 7.44. The highest BCUT2D eigenvalue weighted by molar-refractivity contribution is 6.09. The van der Waals surface area contributed by atoms with E-state index in [-0.39, 0.29) is 24.4 Å². The summed E-state index contributed by atoms with van der Waals surface area (Å²) >= 11 is 0. The van der Waals surface area contributed by atoms with Gasteiger partial charge in [-0.15, -0.1) is 0 Å². The van der Waals surface area contributed by atoms with Crippen LogP contribution in [-0.2, 0) is 21.5 Å². The van der Waals surface area contributed by atoms with Crippen LogP contribution in [-0.4, -0.2) is 35.3 Å². The number of hydrogen-bond donors (Lipinski definition) is 2. The predicted molar refractivity (Wildman–Crippen MR) is 98.4 cm³/mol. The molecular formula is C20H27N3O3. The monoisotopic (exact) mass is 357 g/mol. The van der Waals surface area contributed by atoms with E-state index in [1.807, 2.05) is 24.3 Å². The molecule has 6 nitrogen and oxygen atoms in total. The number of nitrogens with zero attached hydrogens (tertiary/aromatic N) is 1. The fourth-order valence-electron chi connectivity index (χ4n) is 3.82. The molecule has 1 aliphatic heterocycles. The zero-order chi connectivity index (χ0) is 18.7. The summed E-state index contributed by atoms with van der Waals surface area (Å²) in [6.45, 7) is 3.58. The Morgan fingerprint density at radius 2 is 1.88 bits per heavy atom. The highest BCUT2D eigenvalue weighted by Crippen LogP contribution is 2.29. The Balaban J connectivity index is 1.69. The third kappa shape index (κ3) is 3.59. The van der Waals surface area contributed by atoms with Crippen molar-refractivity contribution in [1.29, 1.82) is 0 Å². The number of carbonyl (C=O) groups is 3. The minimum absolute atomic E-state index is 0.167. The van der Waals surface area contributed by atoms with Crippen molar-refractivity contribution >= 4 is 17.8 Å². The van der Waals surface area contributed by atoms with Crippen molar-refractivity contribution in [3.05, 3.63) is 35.4 Å². The molecule has 1 heterocycles. The zero-order valence-corrected chi connectivity index (χ0v) is 15.5. The highest BCUT2D eigenvalue weighted by atomic mass is 16.2. The maximum Gasteiger partial charge on any atom is 0.325 e. The van der Waals surface area contributed by atoms with Gasteiger partial charge >= 0.3 is 6.03 Å². The van der Waals surface area contributed by atoms with Gasteiger partial charge in [0, 0.05) is 6.04 Å². The zero-order valence-electron chi connectivity index (χ0n) is 15.5. The fraction of sp³-hybridized carbons (Fsp3) is 0.550. The van der Waals surface area contributed by atoms with Crippen molar-refractivity contribution < 1.29 is 14.4 Å². The lowest BCUT2D eigenvalue weighted by Gasteiger charge is -2.22. The largest absolute Gasteiger partial charge is 0.352 e. The van der Waals surface area contributed by atoms with Crippen LogP contribution in [0.5, 0.6) is 0 Å². The maximum atomic E-state index is 12.9. The normalized spacial score (nSPS) is 23.4. The van der Waals surface area contributed by atoms with Crippen LogP contribution in [0.2, 0.25) is 0 Å². The van der Waals surface area contributed by atoms with E-state index in [1.54, 1.807) is 6.92 Å². The molecule has 2 aliphatic rings. The van der Waals surface area contributed by atoms with E-state index in [0.29, 0.717) is 0 Å². The van der Waals surface area contributed by atoms with Crippen LogP contribution in [0.1, 0.15) is 57.1 Å². The van der Waals surface area contributed by atoms with Crippen molar-refractivity contribution in [3.8, 4) is 0 Å². The number of hydrogen-bond acceptors (Lipinski definition) is 3. The standard InChI is InChI=1S/C20H27N3O3/c1-3-6-14-9-11-15(12-10-14)20(2)18(25)23(19(26)22-20)13-17(24)21-16-7-4-5-8-16/h9-12,16H,3-8,13H2,1-2H3,(H,21,24)(H,22,26). The minimum Gasteiger partial charge on any atom is -0.352 e. The quantitative estimate of drug-likeness (QED) is 0.768. The molecule has 1 saturated carbocycles. The highest BCUT2D eigenvalue weighted by Gasteiger charge is 2.49. The molecule has 1 saturated heterocycles. The molecule has 3 rings (SSSR count). The molecule has 0 bridgehead atoms. The summed E-state index contributed by atoms with van der Waals surface area (Å²) in [4.78, 5) is 38.5. The van der Waals surface area contributed by atoms with Crippen LogP contribution in [0.4, 0.5) is 4.79 Å². The van der Waals surface area contributed by atoms with Gasteiger partial charge in [0.15, 0.2) is 0 Å². The van der Waals surface area contributed by atoms with Crippen LogP contribution in [0.25, 0.3) is 0 Å². The summed E-state index contributed by atoms with van der Waals surface area (Å²) in [6.07, 6.45) is 6.18. The Bertz CT molecular complexity index is 695. The van der Waals surface area contributed by atoms with Gasteiger partial charge in [-0.2, -0.15) is 0 Å². The second-order valence-corrected chi connectivity index (χ2v) is 7.44. The van der Waals surface area contributed by atoms with Gasteiger partial charge in [0.1, 0.15) is 12.1 Å². The first kappa shape index (κ1) is 18.4. The molecule has 1 aromatic carbocycles. The van der Waals surface area contributed by atoms with Gasteiger partial charge in [-0.3, -0.25) is 14.5 Å². The van der Waals surface area contributed by atoms with Gasteiger partial charge in [-0.05, 0) is 37.3 Å². The molecule has 2 fully saturated rings. The average molecular weight is 357 g/mol. The van der Waals surface area contributed by atoms with Gasteiger partial charge < -0.3 is 10.6 Å². The Morgan fingerprint density at radius 3 is 2.50 bits per heavy atom. The number of urea groups is 1. The number of aryl methyl sites for hydroxylation is 1. The number of carbonyl (C=O) groups excluding carboxylic acids is 3. The summed E-state index contributed by atoms with van der Waals surface area (Å²) in [5, 5.41) is 5.68. The van der Waals surface area contributed by atoms with Crippen LogP contribution in [0.3, 0.4) is 0 Å². The molecular weight excluding hydrogens is 330 g/mol. The van der Waals surface area contributed by atoms with Crippen molar-refractivity contribution in [1.82, 2.24) is 15.5 Å². The third-order valence-corrected chi connectivity index (χ3v) is 5.37. The number of amides is 4. The van der Waals surface area contributed by atoms with Crippen molar-refractivity contribution in [2.24, 2.45) is 0 Å². The lowest BCUT2D eigenvalue weighted by molar-refractivity contribution is -0.135. The molecule has 4 amide bonds. The molecule has 1 unspecified atom stereocenters. The Labute approximate surface area is 154 Å². The smallest absolute Gasteiger partial charge is 0.325 e. The number of rotatable bonds is 6. The van der Waals surface area contributed by atoms with Gasteiger partial charge in [0.25, 0.3) is 5.91 Å². The Kier molecular flexibility index (Phi) is 5.30. The molecule has 26 heavy (non-hydrogen) atoms. The van der Waals surface area contributed by atoms with Gasteiger partial charge in [-0.1, -0.05) is 50.5 Å². The number of nitrogens with one attached hydrogen (secondary N) is 2. The van der Waals surface area contributed by atoms with Gasteiger partial charge in [-0.25, -0.2) is 4.79 Å². The summed E-state index contributed by atoms with van der Waals surface area (Å²) in [6, 6.07) is 7.38. The molecule has 6 heteroatoms. The lowest BCUT2D eigenvalue weighted by Crippen LogP contribution is -2.45. The predicted octanol–water partition coefficient (Wildman–Crippen LogP) is 2.46. The average Bonchev–Trinajstić information content (AvgIpc) is 3.19. The summed E-state index contributed by atoms with van der Waals surface area (Å²) < 4.78 is 0. The summed E-state index contributed by atoms with van der Waals surface area (Å²) in [7, 11) is 0. The number of benzene rings is 1. The summed E-state index contributed by atoms with van der Waals surface area (Å²) in [5.41, 5.74) is 0.800. The van der Waals surface area contributed by atoms with Crippen molar-refractivity contribution in [2.45, 2.75) is 64.0 Å². The second kappa shape index (κ2) is 7.48. The van der Waals surface area contributed by atoms with E-state index in [2.05, 4.69) is 17.6 Å². The van der Waals surface area contributed by atoms with Crippen LogP contribution in [0, 0.1) is 0 Å². The molecule has 140 valence electrons.